The molecule has 154 valence electrons. The fourth-order valence-corrected chi connectivity index (χ4v) is 4.76. The smallest absolute Gasteiger partial charge is 0.251 e. The average Bonchev–Trinajstić information content (AvgIpc) is 2.72. The summed E-state index contributed by atoms with van der Waals surface area (Å²) in [6.45, 7) is 7.14. The van der Waals surface area contributed by atoms with Gasteiger partial charge in [0, 0.05) is 35.2 Å². The lowest BCUT2D eigenvalue weighted by molar-refractivity contribution is 0.0575. The minimum Gasteiger partial charge on any atom is -0.352 e. The van der Waals surface area contributed by atoms with Crippen LogP contribution in [-0.4, -0.2) is 46.5 Å². The molecule has 0 bridgehead atoms. The number of amides is 1. The predicted octanol–water partition coefficient (Wildman–Crippen LogP) is 3.83. The second-order valence-electron chi connectivity index (χ2n) is 8.39. The van der Waals surface area contributed by atoms with Gasteiger partial charge in [-0.3, -0.25) is 4.79 Å². The van der Waals surface area contributed by atoms with Crippen molar-refractivity contribution in [2.75, 3.05) is 25.0 Å². The van der Waals surface area contributed by atoms with Crippen molar-refractivity contribution in [2.24, 2.45) is 5.92 Å². The van der Waals surface area contributed by atoms with Crippen molar-refractivity contribution >= 4 is 17.5 Å². The summed E-state index contributed by atoms with van der Waals surface area (Å²) in [6, 6.07) is 10.1. The molecule has 2 saturated heterocycles. The van der Waals surface area contributed by atoms with E-state index in [-0.39, 0.29) is 5.91 Å². The number of fused-ring (bicyclic) bond motifs is 1. The molecule has 2 aliphatic heterocycles. The third-order valence-electron chi connectivity index (χ3n) is 6.14. The van der Waals surface area contributed by atoms with Crippen LogP contribution < -0.4 is 10.6 Å². The molecule has 6 heteroatoms. The number of nitrogens with one attached hydrogen (secondary N) is 2. The van der Waals surface area contributed by atoms with Gasteiger partial charge in [0.2, 0.25) is 5.95 Å². The number of rotatable bonds is 5. The summed E-state index contributed by atoms with van der Waals surface area (Å²) in [5.41, 5.74) is 3.41. The van der Waals surface area contributed by atoms with Crippen molar-refractivity contribution in [3.05, 3.63) is 47.3 Å². The first-order valence-corrected chi connectivity index (χ1v) is 10.8. The maximum atomic E-state index is 12.6. The number of nitrogens with zero attached hydrogens (tertiary/aromatic N) is 3. The molecule has 1 aromatic heterocycles. The summed E-state index contributed by atoms with van der Waals surface area (Å²) < 4.78 is 0. The fourth-order valence-electron chi connectivity index (χ4n) is 4.76. The van der Waals surface area contributed by atoms with E-state index in [4.69, 9.17) is 0 Å². The van der Waals surface area contributed by atoms with E-state index in [1.54, 1.807) is 0 Å². The molecule has 2 atom stereocenters. The number of carbonyl (C=O) groups excluding carboxylic acids is 1. The molecule has 1 aromatic carbocycles. The Morgan fingerprint density at radius 1 is 1.03 bits per heavy atom. The van der Waals surface area contributed by atoms with Crippen LogP contribution in [0.1, 0.15) is 53.8 Å². The first-order chi connectivity index (χ1) is 14.1. The Morgan fingerprint density at radius 3 is 2.52 bits per heavy atom. The van der Waals surface area contributed by atoms with Gasteiger partial charge in [-0.05, 0) is 88.9 Å². The number of piperidine rings is 2. The van der Waals surface area contributed by atoms with E-state index >= 15 is 0 Å². The van der Waals surface area contributed by atoms with E-state index in [1.807, 2.05) is 44.2 Å². The normalized spacial score (nSPS) is 22.0. The van der Waals surface area contributed by atoms with Crippen molar-refractivity contribution in [1.29, 1.82) is 0 Å². The molecular formula is C23H31N5O. The quantitative estimate of drug-likeness (QED) is 0.808. The molecule has 0 saturated carbocycles. The lowest BCUT2D eigenvalue weighted by Crippen LogP contribution is -2.51. The van der Waals surface area contributed by atoms with Gasteiger partial charge in [-0.15, -0.1) is 0 Å². The van der Waals surface area contributed by atoms with Crippen molar-refractivity contribution in [3.63, 3.8) is 0 Å². The summed E-state index contributed by atoms with van der Waals surface area (Å²) in [6.07, 6.45) is 6.40. The van der Waals surface area contributed by atoms with Crippen molar-refractivity contribution in [3.8, 4) is 0 Å². The van der Waals surface area contributed by atoms with Gasteiger partial charge in [0.05, 0.1) is 0 Å². The lowest BCUT2D eigenvalue weighted by Gasteiger charge is -2.44. The Kier molecular flexibility index (Phi) is 6.09. The zero-order valence-corrected chi connectivity index (χ0v) is 17.4. The van der Waals surface area contributed by atoms with Crippen LogP contribution in [0.2, 0.25) is 0 Å². The van der Waals surface area contributed by atoms with E-state index in [0.717, 1.165) is 23.6 Å². The van der Waals surface area contributed by atoms with Gasteiger partial charge < -0.3 is 15.5 Å². The van der Waals surface area contributed by atoms with Gasteiger partial charge in [0.1, 0.15) is 0 Å². The molecule has 0 radical (unpaired) electrons. The lowest BCUT2D eigenvalue weighted by atomic mass is 9.83. The van der Waals surface area contributed by atoms with Crippen LogP contribution in [0.5, 0.6) is 0 Å². The maximum absolute atomic E-state index is 12.6. The van der Waals surface area contributed by atoms with Crippen LogP contribution in [0.3, 0.4) is 0 Å². The molecule has 4 rings (SSSR count). The Morgan fingerprint density at radius 2 is 1.76 bits per heavy atom. The van der Waals surface area contributed by atoms with E-state index in [9.17, 15) is 4.79 Å². The van der Waals surface area contributed by atoms with E-state index < -0.39 is 0 Å². The average molecular weight is 394 g/mol. The van der Waals surface area contributed by atoms with E-state index in [1.165, 1.54) is 45.2 Å². The maximum Gasteiger partial charge on any atom is 0.251 e. The second kappa shape index (κ2) is 8.91. The summed E-state index contributed by atoms with van der Waals surface area (Å²) in [4.78, 5) is 24.1. The SMILES string of the molecule is Cc1cc(C)nc(Nc2ccc(C(=O)NCC3CCCN4CCCCC34)cc2)n1. The number of anilines is 2. The van der Waals surface area contributed by atoms with E-state index in [0.29, 0.717) is 23.5 Å². The molecule has 6 nitrogen and oxygen atoms in total. The Labute approximate surface area is 173 Å². The van der Waals surface area contributed by atoms with Gasteiger partial charge in [-0.1, -0.05) is 6.42 Å². The number of hydrogen-bond donors (Lipinski definition) is 2. The molecule has 2 aromatic rings. The van der Waals surface area contributed by atoms with E-state index in [2.05, 4.69) is 25.5 Å². The second-order valence-corrected chi connectivity index (χ2v) is 8.39. The zero-order valence-electron chi connectivity index (χ0n) is 17.4. The Balaban J connectivity index is 1.33. The highest BCUT2D eigenvalue weighted by atomic mass is 16.1. The number of aromatic nitrogens is 2. The minimum atomic E-state index is 0.00660. The summed E-state index contributed by atoms with van der Waals surface area (Å²) in [5, 5.41) is 6.38. The third-order valence-corrected chi connectivity index (χ3v) is 6.14. The zero-order chi connectivity index (χ0) is 20.2. The van der Waals surface area contributed by atoms with Gasteiger partial charge in [0.15, 0.2) is 0 Å². The van der Waals surface area contributed by atoms with Crippen molar-refractivity contribution in [2.45, 2.75) is 52.0 Å². The highest BCUT2D eigenvalue weighted by molar-refractivity contribution is 5.94. The van der Waals surface area contributed by atoms with Crippen LogP contribution in [0.15, 0.2) is 30.3 Å². The van der Waals surface area contributed by atoms with Gasteiger partial charge in [0.25, 0.3) is 5.91 Å². The molecule has 0 aliphatic carbocycles. The number of aryl methyl sites for hydroxylation is 2. The number of benzene rings is 1. The highest BCUT2D eigenvalue weighted by Gasteiger charge is 2.32. The van der Waals surface area contributed by atoms with Crippen molar-refractivity contribution < 1.29 is 4.79 Å². The van der Waals surface area contributed by atoms with Gasteiger partial charge in [-0.2, -0.15) is 0 Å². The molecule has 1 amide bonds. The largest absolute Gasteiger partial charge is 0.352 e. The topological polar surface area (TPSA) is 70.2 Å². The predicted molar refractivity (Wildman–Crippen MR) is 115 cm³/mol. The molecule has 29 heavy (non-hydrogen) atoms. The van der Waals surface area contributed by atoms with Gasteiger partial charge in [-0.25, -0.2) is 9.97 Å². The Hall–Kier alpha value is -2.47. The Bertz CT molecular complexity index is 829. The molecule has 2 aliphatic rings. The first-order valence-electron chi connectivity index (χ1n) is 10.8. The summed E-state index contributed by atoms with van der Waals surface area (Å²) in [7, 11) is 0. The summed E-state index contributed by atoms with van der Waals surface area (Å²) >= 11 is 0. The molecular weight excluding hydrogens is 362 g/mol. The van der Waals surface area contributed by atoms with Gasteiger partial charge >= 0.3 is 0 Å². The minimum absolute atomic E-state index is 0.00660. The molecule has 2 unspecified atom stereocenters. The molecule has 2 N–H and O–H groups in total. The van der Waals surface area contributed by atoms with Crippen LogP contribution in [-0.2, 0) is 0 Å². The fraction of sp³-hybridized carbons (Fsp3) is 0.522. The first kappa shape index (κ1) is 19.8. The standard InChI is InChI=1S/C23H31N5O/c1-16-14-17(2)26-23(25-16)27-20-10-8-18(9-11-20)22(29)24-15-19-6-5-13-28-12-4-3-7-21(19)28/h8-11,14,19,21H,3-7,12-13,15H2,1-2H3,(H,24,29)(H,25,26,27). The van der Waals surface area contributed by atoms with Crippen LogP contribution >= 0.6 is 0 Å². The van der Waals surface area contributed by atoms with Crippen LogP contribution in [0, 0.1) is 19.8 Å². The van der Waals surface area contributed by atoms with Crippen molar-refractivity contribution in [1.82, 2.24) is 20.2 Å². The monoisotopic (exact) mass is 393 g/mol. The summed E-state index contributed by atoms with van der Waals surface area (Å²) in [5.74, 6) is 1.16. The van der Waals surface area contributed by atoms with Crippen LogP contribution in [0.4, 0.5) is 11.6 Å². The number of hydrogen-bond acceptors (Lipinski definition) is 5. The third kappa shape index (κ3) is 4.93. The van der Waals surface area contributed by atoms with Crippen LogP contribution in [0.25, 0.3) is 0 Å². The number of carbonyl (C=O) groups is 1. The molecule has 2 fully saturated rings. The molecule has 0 spiro atoms. The molecule has 3 heterocycles. The highest BCUT2D eigenvalue weighted by Crippen LogP contribution is 2.30.